The number of aldehydes is 1. The average molecular weight is 235 g/mol. The van der Waals surface area contributed by atoms with Crippen molar-refractivity contribution in [2.24, 2.45) is 0 Å². The Morgan fingerprint density at radius 3 is 2.94 bits per heavy atom. The number of aromatic nitrogens is 2. The van der Waals surface area contributed by atoms with E-state index in [4.69, 9.17) is 11.6 Å². The molecule has 1 aromatic carbocycles. The van der Waals surface area contributed by atoms with Gasteiger partial charge < -0.3 is 0 Å². The van der Waals surface area contributed by atoms with Crippen LogP contribution < -0.4 is 0 Å². The minimum absolute atomic E-state index is 0.523. The zero-order chi connectivity index (χ0) is 11.5. The second kappa shape index (κ2) is 4.49. The molecule has 0 saturated heterocycles. The number of hydrogen-bond acceptors (Lipinski definition) is 2. The molecule has 0 bridgehead atoms. The third-order valence-electron chi connectivity index (χ3n) is 2.42. The van der Waals surface area contributed by atoms with Crippen LogP contribution in [0.3, 0.4) is 0 Å². The molecule has 1 heterocycles. The van der Waals surface area contributed by atoms with Crippen molar-refractivity contribution in [3.63, 3.8) is 0 Å². The summed E-state index contributed by atoms with van der Waals surface area (Å²) in [7, 11) is 0. The first-order valence-corrected chi connectivity index (χ1v) is 5.41. The van der Waals surface area contributed by atoms with Gasteiger partial charge in [-0.15, -0.1) is 0 Å². The quantitative estimate of drug-likeness (QED) is 0.766. The van der Waals surface area contributed by atoms with Crippen molar-refractivity contribution in [3.8, 4) is 5.69 Å². The molecule has 0 saturated carbocycles. The number of halogens is 1. The molecule has 2 rings (SSSR count). The van der Waals surface area contributed by atoms with Gasteiger partial charge in [-0.1, -0.05) is 24.6 Å². The predicted octanol–water partition coefficient (Wildman–Crippen LogP) is 2.90. The van der Waals surface area contributed by atoms with E-state index in [2.05, 4.69) is 12.0 Å². The highest BCUT2D eigenvalue weighted by molar-refractivity contribution is 6.32. The Balaban J connectivity index is 2.58. The lowest BCUT2D eigenvalue weighted by atomic mass is 10.2. The van der Waals surface area contributed by atoms with Crippen LogP contribution in [0.1, 0.15) is 22.8 Å². The van der Waals surface area contributed by atoms with E-state index in [1.165, 1.54) is 0 Å². The minimum Gasteiger partial charge on any atom is -0.298 e. The summed E-state index contributed by atoms with van der Waals surface area (Å²) in [5.41, 5.74) is 2.29. The molecule has 2 aromatic rings. The molecule has 0 radical (unpaired) electrons. The van der Waals surface area contributed by atoms with Crippen molar-refractivity contribution in [3.05, 3.63) is 46.7 Å². The zero-order valence-corrected chi connectivity index (χ0v) is 9.61. The molecule has 0 N–H and O–H groups in total. The Morgan fingerprint density at radius 2 is 2.31 bits per heavy atom. The van der Waals surface area contributed by atoms with E-state index < -0.39 is 0 Å². The van der Waals surface area contributed by atoms with Crippen LogP contribution in [0, 0.1) is 0 Å². The van der Waals surface area contributed by atoms with Gasteiger partial charge in [0.2, 0.25) is 0 Å². The maximum absolute atomic E-state index is 10.9. The highest BCUT2D eigenvalue weighted by atomic mass is 35.5. The Bertz CT molecular complexity index is 519. The van der Waals surface area contributed by atoms with E-state index in [1.54, 1.807) is 29.1 Å². The summed E-state index contributed by atoms with van der Waals surface area (Å²) in [5, 5.41) is 4.72. The van der Waals surface area contributed by atoms with Gasteiger partial charge in [0.25, 0.3) is 0 Å². The number of para-hydroxylation sites is 1. The molecule has 0 unspecified atom stereocenters. The van der Waals surface area contributed by atoms with Crippen LogP contribution in [0.5, 0.6) is 0 Å². The summed E-state index contributed by atoms with van der Waals surface area (Å²) >= 11 is 6.08. The summed E-state index contributed by atoms with van der Waals surface area (Å²) in [6.07, 6.45) is 5.35. The SMILES string of the molecule is CCc1cnn(-c2c(Cl)cccc2C=O)c1. The highest BCUT2D eigenvalue weighted by Gasteiger charge is 2.09. The van der Waals surface area contributed by atoms with E-state index >= 15 is 0 Å². The van der Waals surface area contributed by atoms with Crippen molar-refractivity contribution < 1.29 is 4.79 Å². The van der Waals surface area contributed by atoms with E-state index in [0.717, 1.165) is 18.3 Å². The van der Waals surface area contributed by atoms with Crippen molar-refractivity contribution in [2.45, 2.75) is 13.3 Å². The smallest absolute Gasteiger partial charge is 0.152 e. The minimum atomic E-state index is 0.523. The summed E-state index contributed by atoms with van der Waals surface area (Å²) in [6, 6.07) is 5.22. The summed E-state index contributed by atoms with van der Waals surface area (Å²) in [6.45, 7) is 2.05. The van der Waals surface area contributed by atoms with Crippen molar-refractivity contribution in [1.82, 2.24) is 9.78 Å². The second-order valence-electron chi connectivity index (χ2n) is 3.44. The number of nitrogens with zero attached hydrogens (tertiary/aromatic N) is 2. The summed E-state index contributed by atoms with van der Waals surface area (Å²) < 4.78 is 1.64. The molecule has 0 aliphatic heterocycles. The number of carbonyl (C=O) groups is 1. The Kier molecular flexibility index (Phi) is 3.06. The number of hydrogen-bond donors (Lipinski definition) is 0. The number of rotatable bonds is 3. The molecule has 82 valence electrons. The van der Waals surface area contributed by atoms with Crippen LogP contribution in [-0.2, 0) is 6.42 Å². The topological polar surface area (TPSA) is 34.9 Å². The lowest BCUT2D eigenvalue weighted by molar-refractivity contribution is 0.112. The molecule has 0 fully saturated rings. The molecule has 16 heavy (non-hydrogen) atoms. The standard InChI is InChI=1S/C12H11ClN2O/c1-2-9-6-14-15(7-9)12-10(8-16)4-3-5-11(12)13/h3-8H,2H2,1H3. The van der Waals surface area contributed by atoms with Gasteiger partial charge in [-0.2, -0.15) is 5.10 Å². The van der Waals surface area contributed by atoms with Crippen molar-refractivity contribution in [2.75, 3.05) is 0 Å². The molecule has 3 nitrogen and oxygen atoms in total. The first-order valence-electron chi connectivity index (χ1n) is 5.04. The van der Waals surface area contributed by atoms with Crippen LogP contribution >= 0.6 is 11.6 Å². The molecular formula is C12H11ClN2O. The first-order chi connectivity index (χ1) is 7.76. The summed E-state index contributed by atoms with van der Waals surface area (Å²) in [4.78, 5) is 10.9. The maximum Gasteiger partial charge on any atom is 0.152 e. The Hall–Kier alpha value is -1.61. The molecule has 4 heteroatoms. The molecule has 0 aliphatic rings. The van der Waals surface area contributed by atoms with Gasteiger partial charge in [-0.25, -0.2) is 4.68 Å². The van der Waals surface area contributed by atoms with Gasteiger partial charge in [0.15, 0.2) is 6.29 Å². The number of carbonyl (C=O) groups excluding carboxylic acids is 1. The van der Waals surface area contributed by atoms with Crippen molar-refractivity contribution in [1.29, 1.82) is 0 Å². The van der Waals surface area contributed by atoms with Crippen LogP contribution in [0.4, 0.5) is 0 Å². The molecule has 1 aromatic heterocycles. The lowest BCUT2D eigenvalue weighted by Crippen LogP contribution is -2.00. The molecule has 0 atom stereocenters. The van der Waals surface area contributed by atoms with Gasteiger partial charge in [0.1, 0.15) is 0 Å². The molecule has 0 amide bonds. The van der Waals surface area contributed by atoms with Crippen LogP contribution in [0.25, 0.3) is 5.69 Å². The van der Waals surface area contributed by atoms with Crippen LogP contribution in [0.15, 0.2) is 30.6 Å². The molecular weight excluding hydrogens is 224 g/mol. The van der Waals surface area contributed by atoms with Gasteiger partial charge >= 0.3 is 0 Å². The lowest BCUT2D eigenvalue weighted by Gasteiger charge is -2.06. The Morgan fingerprint density at radius 1 is 1.50 bits per heavy atom. The van der Waals surface area contributed by atoms with Gasteiger partial charge in [0.05, 0.1) is 16.9 Å². The van der Waals surface area contributed by atoms with Crippen LogP contribution in [0.2, 0.25) is 5.02 Å². The van der Waals surface area contributed by atoms with Gasteiger partial charge in [-0.05, 0) is 24.1 Å². The van der Waals surface area contributed by atoms with E-state index in [1.807, 2.05) is 6.20 Å². The molecule has 0 aliphatic carbocycles. The van der Waals surface area contributed by atoms with E-state index in [-0.39, 0.29) is 0 Å². The largest absolute Gasteiger partial charge is 0.298 e. The number of benzene rings is 1. The number of aryl methyl sites for hydroxylation is 1. The Labute approximate surface area is 98.7 Å². The third-order valence-corrected chi connectivity index (χ3v) is 2.72. The predicted molar refractivity (Wildman–Crippen MR) is 63.3 cm³/mol. The fraction of sp³-hybridized carbons (Fsp3) is 0.167. The fourth-order valence-corrected chi connectivity index (χ4v) is 1.80. The fourth-order valence-electron chi connectivity index (χ4n) is 1.53. The van der Waals surface area contributed by atoms with E-state index in [0.29, 0.717) is 16.3 Å². The van der Waals surface area contributed by atoms with Crippen molar-refractivity contribution >= 4 is 17.9 Å². The normalized spacial score (nSPS) is 10.4. The van der Waals surface area contributed by atoms with E-state index in [9.17, 15) is 4.79 Å². The summed E-state index contributed by atoms with van der Waals surface area (Å²) in [5.74, 6) is 0. The maximum atomic E-state index is 10.9. The average Bonchev–Trinajstić information content (AvgIpc) is 2.76. The second-order valence-corrected chi connectivity index (χ2v) is 3.85. The molecule has 0 spiro atoms. The van der Waals surface area contributed by atoms with Crippen LogP contribution in [-0.4, -0.2) is 16.1 Å². The zero-order valence-electron chi connectivity index (χ0n) is 8.85. The first kappa shape index (κ1) is 10.9. The highest BCUT2D eigenvalue weighted by Crippen LogP contribution is 2.23. The van der Waals surface area contributed by atoms with Gasteiger partial charge in [-0.3, -0.25) is 4.79 Å². The van der Waals surface area contributed by atoms with Gasteiger partial charge in [0, 0.05) is 11.8 Å². The third kappa shape index (κ3) is 1.86. The monoisotopic (exact) mass is 234 g/mol.